The number of halogens is 1. The van der Waals surface area contributed by atoms with Gasteiger partial charge >= 0.3 is 0 Å². The predicted octanol–water partition coefficient (Wildman–Crippen LogP) is 5.11. The number of methoxy groups -OCH3 is 1. The van der Waals surface area contributed by atoms with Crippen LogP contribution in [0.2, 0.25) is 0 Å². The van der Waals surface area contributed by atoms with Gasteiger partial charge in [-0.05, 0) is 59.5 Å². The summed E-state index contributed by atoms with van der Waals surface area (Å²) in [6.45, 7) is 2.93. The van der Waals surface area contributed by atoms with Crippen LogP contribution in [0.15, 0.2) is 34.8 Å². The van der Waals surface area contributed by atoms with Gasteiger partial charge < -0.3 is 19.9 Å². The van der Waals surface area contributed by atoms with Gasteiger partial charge in [0.2, 0.25) is 0 Å². The number of aryl methyl sites for hydroxylation is 1. The smallest absolute Gasteiger partial charge is 0.172 e. The highest BCUT2D eigenvalue weighted by Crippen LogP contribution is 2.50. The van der Waals surface area contributed by atoms with Gasteiger partial charge in [-0.2, -0.15) is 0 Å². The van der Waals surface area contributed by atoms with E-state index in [0.717, 1.165) is 30.7 Å². The Morgan fingerprint density at radius 1 is 1.28 bits per heavy atom. The zero-order valence-electron chi connectivity index (χ0n) is 14.4. The minimum atomic E-state index is 0.105. The summed E-state index contributed by atoms with van der Waals surface area (Å²) in [4.78, 5) is 0. The van der Waals surface area contributed by atoms with Crippen LogP contribution < -0.4 is 10.1 Å². The first-order valence-corrected chi connectivity index (χ1v) is 9.43. The van der Waals surface area contributed by atoms with Crippen molar-refractivity contribution in [1.82, 2.24) is 0 Å². The molecule has 1 fully saturated rings. The van der Waals surface area contributed by atoms with Gasteiger partial charge in [-0.15, -0.1) is 0 Å². The van der Waals surface area contributed by atoms with E-state index in [9.17, 15) is 5.11 Å². The summed E-state index contributed by atoms with van der Waals surface area (Å²) in [5.74, 6) is 0.966. The minimum Gasteiger partial charge on any atom is -0.503 e. The molecule has 1 saturated heterocycles. The number of nitrogens with one attached hydrogen (secondary N) is 1. The fraction of sp³-hybridized carbons (Fsp3) is 0.400. The molecule has 0 aliphatic carbocycles. The second-order valence-electron chi connectivity index (χ2n) is 6.86. The van der Waals surface area contributed by atoms with Gasteiger partial charge in [0, 0.05) is 23.8 Å². The molecule has 2 N–H and O–H groups in total. The van der Waals surface area contributed by atoms with Crippen molar-refractivity contribution < 1.29 is 14.6 Å². The highest BCUT2D eigenvalue weighted by molar-refractivity contribution is 9.10. The lowest BCUT2D eigenvalue weighted by Crippen LogP contribution is -2.36. The lowest BCUT2D eigenvalue weighted by molar-refractivity contribution is -0.0381. The molecule has 4 rings (SSSR count). The largest absolute Gasteiger partial charge is 0.503 e. The Morgan fingerprint density at radius 3 is 2.92 bits per heavy atom. The highest BCUT2D eigenvalue weighted by atomic mass is 79.9. The molecule has 2 aromatic rings. The topological polar surface area (TPSA) is 50.7 Å². The Balaban J connectivity index is 1.80. The number of fused-ring (bicyclic) bond motifs is 3. The van der Waals surface area contributed by atoms with Crippen LogP contribution in [0.5, 0.6) is 11.5 Å². The fourth-order valence-electron chi connectivity index (χ4n) is 4.05. The summed E-state index contributed by atoms with van der Waals surface area (Å²) in [7, 11) is 1.57. The van der Waals surface area contributed by atoms with Crippen LogP contribution in [0.3, 0.4) is 0 Å². The van der Waals surface area contributed by atoms with Crippen molar-refractivity contribution in [3.63, 3.8) is 0 Å². The number of hydrogen-bond donors (Lipinski definition) is 2. The first-order valence-electron chi connectivity index (χ1n) is 8.63. The molecule has 2 aliphatic rings. The molecule has 2 heterocycles. The molecule has 0 bridgehead atoms. The molecular formula is C20H22BrNO3. The van der Waals surface area contributed by atoms with Gasteiger partial charge in [-0.1, -0.05) is 17.7 Å². The van der Waals surface area contributed by atoms with Crippen LogP contribution in [0.25, 0.3) is 0 Å². The minimum absolute atomic E-state index is 0.105. The fourth-order valence-corrected chi connectivity index (χ4v) is 4.51. The molecule has 2 aliphatic heterocycles. The molecule has 3 atom stereocenters. The van der Waals surface area contributed by atoms with Crippen molar-refractivity contribution in [2.75, 3.05) is 19.0 Å². The predicted molar refractivity (Wildman–Crippen MR) is 101 cm³/mol. The van der Waals surface area contributed by atoms with Gasteiger partial charge in [0.1, 0.15) is 0 Å². The molecular weight excluding hydrogens is 382 g/mol. The average Bonchev–Trinajstić information content (AvgIpc) is 2.63. The van der Waals surface area contributed by atoms with Crippen LogP contribution in [0.4, 0.5) is 5.69 Å². The van der Waals surface area contributed by atoms with Crippen LogP contribution in [-0.2, 0) is 4.74 Å². The third-order valence-corrected chi connectivity index (χ3v) is 5.86. The van der Waals surface area contributed by atoms with E-state index in [1.54, 1.807) is 7.11 Å². The standard InChI is InChI=1S/C20H22BrNO3/c1-11-5-6-16-14(8-11)20-13(4-3-7-25-20)18(22-16)12-9-15(21)19(23)17(10-12)24-2/h5-6,8-10,13,18,20,22-23H,3-4,7H2,1-2H3/t13-,18+,20-/m0/s1. The molecule has 25 heavy (non-hydrogen) atoms. The number of benzene rings is 2. The summed E-state index contributed by atoms with van der Waals surface area (Å²) in [5, 5.41) is 13.8. The summed E-state index contributed by atoms with van der Waals surface area (Å²) >= 11 is 3.44. The second-order valence-corrected chi connectivity index (χ2v) is 7.72. The van der Waals surface area contributed by atoms with Crippen molar-refractivity contribution in [3.05, 3.63) is 51.5 Å². The summed E-state index contributed by atoms with van der Waals surface area (Å²) in [6, 6.07) is 10.5. The van der Waals surface area contributed by atoms with E-state index >= 15 is 0 Å². The molecule has 5 heteroatoms. The van der Waals surface area contributed by atoms with Crippen molar-refractivity contribution in [2.45, 2.75) is 31.9 Å². The maximum Gasteiger partial charge on any atom is 0.172 e. The van der Waals surface area contributed by atoms with E-state index < -0.39 is 0 Å². The second kappa shape index (κ2) is 6.54. The van der Waals surface area contributed by atoms with Crippen LogP contribution in [0.1, 0.15) is 41.7 Å². The number of phenols is 1. The summed E-state index contributed by atoms with van der Waals surface area (Å²) < 4.78 is 12.2. The van der Waals surface area contributed by atoms with E-state index in [1.165, 1.54) is 11.1 Å². The number of ether oxygens (including phenoxy) is 2. The summed E-state index contributed by atoms with van der Waals surface area (Å²) in [6.07, 6.45) is 2.28. The monoisotopic (exact) mass is 403 g/mol. The average molecular weight is 404 g/mol. The van der Waals surface area contributed by atoms with Crippen molar-refractivity contribution in [3.8, 4) is 11.5 Å². The molecule has 0 unspecified atom stereocenters. The van der Waals surface area contributed by atoms with E-state index in [-0.39, 0.29) is 17.9 Å². The summed E-state index contributed by atoms with van der Waals surface area (Å²) in [5.41, 5.74) is 4.72. The normalized spacial score (nSPS) is 24.8. The van der Waals surface area contributed by atoms with Crippen molar-refractivity contribution in [2.24, 2.45) is 5.92 Å². The zero-order chi connectivity index (χ0) is 17.6. The van der Waals surface area contributed by atoms with Gasteiger partial charge in [0.05, 0.1) is 23.7 Å². The maximum atomic E-state index is 10.1. The van der Waals surface area contributed by atoms with E-state index in [0.29, 0.717) is 16.1 Å². The molecule has 0 saturated carbocycles. The Morgan fingerprint density at radius 2 is 2.12 bits per heavy atom. The first-order chi connectivity index (χ1) is 12.1. The number of phenolic OH excluding ortho intramolecular Hbond substituents is 1. The first kappa shape index (κ1) is 16.7. The quantitative estimate of drug-likeness (QED) is 0.731. The SMILES string of the molecule is COc1cc([C@H]2Nc3ccc(C)cc3[C@H]3OCCC[C@@H]23)cc(Br)c1O. The molecule has 0 aromatic heterocycles. The third kappa shape index (κ3) is 2.89. The van der Waals surface area contributed by atoms with E-state index in [1.807, 2.05) is 12.1 Å². The number of hydrogen-bond acceptors (Lipinski definition) is 4. The lowest BCUT2D eigenvalue weighted by atomic mass is 9.77. The Kier molecular flexibility index (Phi) is 4.38. The van der Waals surface area contributed by atoms with Crippen molar-refractivity contribution in [1.29, 1.82) is 0 Å². The molecule has 2 aromatic carbocycles. The van der Waals surface area contributed by atoms with Gasteiger partial charge in [0.15, 0.2) is 11.5 Å². The lowest BCUT2D eigenvalue weighted by Gasteiger charge is -2.43. The third-order valence-electron chi connectivity index (χ3n) is 5.25. The van der Waals surface area contributed by atoms with Crippen molar-refractivity contribution >= 4 is 21.6 Å². The number of aromatic hydroxyl groups is 1. The molecule has 0 radical (unpaired) electrons. The highest BCUT2D eigenvalue weighted by Gasteiger charge is 2.40. The molecule has 0 amide bonds. The van der Waals surface area contributed by atoms with Crippen LogP contribution in [0, 0.1) is 12.8 Å². The Hall–Kier alpha value is -1.72. The zero-order valence-corrected chi connectivity index (χ0v) is 16.0. The van der Waals surface area contributed by atoms with Gasteiger partial charge in [-0.25, -0.2) is 0 Å². The number of rotatable bonds is 2. The van der Waals surface area contributed by atoms with E-state index in [2.05, 4.69) is 46.4 Å². The van der Waals surface area contributed by atoms with Gasteiger partial charge in [-0.3, -0.25) is 0 Å². The number of anilines is 1. The Labute approximate surface area is 156 Å². The molecule has 132 valence electrons. The van der Waals surface area contributed by atoms with Gasteiger partial charge in [0.25, 0.3) is 0 Å². The van der Waals surface area contributed by atoms with E-state index in [4.69, 9.17) is 9.47 Å². The van der Waals surface area contributed by atoms with Crippen LogP contribution >= 0.6 is 15.9 Å². The van der Waals surface area contributed by atoms with Crippen LogP contribution in [-0.4, -0.2) is 18.8 Å². The maximum absolute atomic E-state index is 10.1. The molecule has 0 spiro atoms. The molecule has 4 nitrogen and oxygen atoms in total. The Bertz CT molecular complexity index is 808.